The van der Waals surface area contributed by atoms with Crippen LogP contribution in [0.2, 0.25) is 10.0 Å². The summed E-state index contributed by atoms with van der Waals surface area (Å²) in [5.41, 5.74) is 9.14. The van der Waals surface area contributed by atoms with Gasteiger partial charge < -0.3 is 10.6 Å². The van der Waals surface area contributed by atoms with Crippen molar-refractivity contribution in [1.29, 1.82) is 0 Å². The molecule has 1 saturated heterocycles. The zero-order valence-electron chi connectivity index (χ0n) is 12.8. The minimum absolute atomic E-state index is 0.105. The van der Waals surface area contributed by atoms with Gasteiger partial charge in [0, 0.05) is 42.6 Å². The van der Waals surface area contributed by atoms with Crippen LogP contribution in [0.15, 0.2) is 42.7 Å². The predicted molar refractivity (Wildman–Crippen MR) is 95.0 cm³/mol. The molecule has 2 aromatic rings. The Morgan fingerprint density at radius 2 is 1.96 bits per heavy atom. The third-order valence-corrected chi connectivity index (χ3v) is 6.03. The van der Waals surface area contributed by atoms with Crippen LogP contribution in [0.4, 0.5) is 5.69 Å². The number of nitrogens with two attached hydrogens (primary N) is 1. The zero-order chi connectivity index (χ0) is 16.0. The molecule has 1 spiro atoms. The summed E-state index contributed by atoms with van der Waals surface area (Å²) in [7, 11) is 0. The van der Waals surface area contributed by atoms with Crippen molar-refractivity contribution in [2.45, 2.75) is 18.9 Å². The average Bonchev–Trinajstić information content (AvgIpc) is 2.48. The maximum Gasteiger partial charge on any atom is 0.0612 e. The molecule has 1 aromatic carbocycles. The summed E-state index contributed by atoms with van der Waals surface area (Å²) >= 11 is 12.1. The van der Waals surface area contributed by atoms with Crippen molar-refractivity contribution in [2.75, 3.05) is 18.0 Å². The lowest BCUT2D eigenvalue weighted by Gasteiger charge is -2.61. The molecular weight excluding hydrogens is 329 g/mol. The van der Waals surface area contributed by atoms with E-state index in [2.05, 4.69) is 16.0 Å². The van der Waals surface area contributed by atoms with E-state index in [9.17, 15) is 0 Å². The lowest BCUT2D eigenvalue weighted by atomic mass is 9.55. The molecule has 1 unspecified atom stereocenters. The molecule has 1 aromatic heterocycles. The standard InChI is InChI=1S/C18H19Cl2N3/c19-15-4-3-14(6-16(15)20)23-10-18(11-23)7-13(8-18)17(21)12-2-1-5-22-9-12/h1-6,9,13,17H,7-8,10-11,21H2. The molecule has 5 heteroatoms. The van der Waals surface area contributed by atoms with Gasteiger partial charge in [-0.3, -0.25) is 4.98 Å². The summed E-state index contributed by atoms with van der Waals surface area (Å²) in [6.45, 7) is 2.17. The fraction of sp³-hybridized carbons (Fsp3) is 0.389. The molecule has 23 heavy (non-hydrogen) atoms. The van der Waals surface area contributed by atoms with Crippen LogP contribution < -0.4 is 10.6 Å². The molecule has 1 aliphatic heterocycles. The molecule has 0 bridgehead atoms. The fourth-order valence-corrected chi connectivity index (χ4v) is 4.33. The molecule has 2 fully saturated rings. The number of rotatable bonds is 3. The second kappa shape index (κ2) is 5.66. The van der Waals surface area contributed by atoms with Gasteiger partial charge in [0.25, 0.3) is 0 Å². The van der Waals surface area contributed by atoms with Gasteiger partial charge in [-0.15, -0.1) is 0 Å². The first-order valence-electron chi connectivity index (χ1n) is 7.92. The maximum absolute atomic E-state index is 6.40. The van der Waals surface area contributed by atoms with Gasteiger partial charge in [-0.2, -0.15) is 0 Å². The lowest BCUT2D eigenvalue weighted by Crippen LogP contribution is -2.63. The predicted octanol–water partition coefficient (Wildman–Crippen LogP) is 4.30. The fourth-order valence-electron chi connectivity index (χ4n) is 4.04. The number of anilines is 1. The Morgan fingerprint density at radius 1 is 1.17 bits per heavy atom. The minimum Gasteiger partial charge on any atom is -0.370 e. The van der Waals surface area contributed by atoms with E-state index >= 15 is 0 Å². The van der Waals surface area contributed by atoms with E-state index < -0.39 is 0 Å². The molecule has 2 heterocycles. The molecule has 3 nitrogen and oxygen atoms in total. The van der Waals surface area contributed by atoms with Gasteiger partial charge in [0.05, 0.1) is 10.0 Å². The third-order valence-electron chi connectivity index (χ3n) is 5.29. The summed E-state index contributed by atoms with van der Waals surface area (Å²) < 4.78 is 0. The van der Waals surface area contributed by atoms with E-state index in [-0.39, 0.29) is 6.04 Å². The van der Waals surface area contributed by atoms with Crippen molar-refractivity contribution in [2.24, 2.45) is 17.1 Å². The number of pyridine rings is 1. The van der Waals surface area contributed by atoms with E-state index in [1.807, 2.05) is 30.5 Å². The number of aromatic nitrogens is 1. The SMILES string of the molecule is NC(c1cccnc1)C1CC2(C1)CN(c1ccc(Cl)c(Cl)c1)C2. The highest BCUT2D eigenvalue weighted by Crippen LogP contribution is 2.56. The van der Waals surface area contributed by atoms with Gasteiger partial charge in [0.15, 0.2) is 0 Å². The van der Waals surface area contributed by atoms with Crippen LogP contribution in [0.3, 0.4) is 0 Å². The highest BCUT2D eigenvalue weighted by Gasteiger charge is 2.53. The van der Waals surface area contributed by atoms with E-state index in [1.54, 1.807) is 6.20 Å². The van der Waals surface area contributed by atoms with Crippen molar-refractivity contribution in [3.05, 3.63) is 58.3 Å². The minimum atomic E-state index is 0.105. The van der Waals surface area contributed by atoms with E-state index in [1.165, 1.54) is 12.8 Å². The van der Waals surface area contributed by atoms with Crippen LogP contribution in [0.5, 0.6) is 0 Å². The largest absolute Gasteiger partial charge is 0.370 e. The zero-order valence-corrected chi connectivity index (χ0v) is 14.3. The summed E-state index contributed by atoms with van der Waals surface area (Å²) in [5, 5.41) is 1.23. The quantitative estimate of drug-likeness (QED) is 0.899. The van der Waals surface area contributed by atoms with Crippen LogP contribution >= 0.6 is 23.2 Å². The Hall–Kier alpha value is -1.29. The van der Waals surface area contributed by atoms with Crippen molar-refractivity contribution < 1.29 is 0 Å². The molecule has 0 radical (unpaired) electrons. The second-order valence-corrected chi connectivity index (χ2v) is 7.75. The molecule has 1 atom stereocenters. The monoisotopic (exact) mass is 347 g/mol. The Kier molecular flexibility index (Phi) is 3.75. The van der Waals surface area contributed by atoms with Gasteiger partial charge in [-0.25, -0.2) is 0 Å². The number of hydrogen-bond acceptors (Lipinski definition) is 3. The highest BCUT2D eigenvalue weighted by molar-refractivity contribution is 6.42. The topological polar surface area (TPSA) is 42.1 Å². The summed E-state index contributed by atoms with van der Waals surface area (Å²) in [5.74, 6) is 0.565. The van der Waals surface area contributed by atoms with Gasteiger partial charge >= 0.3 is 0 Å². The normalized spacial score (nSPS) is 20.9. The van der Waals surface area contributed by atoms with Gasteiger partial charge in [-0.05, 0) is 48.6 Å². The van der Waals surface area contributed by atoms with Crippen LogP contribution in [0, 0.1) is 11.3 Å². The van der Waals surface area contributed by atoms with Crippen molar-refractivity contribution in [1.82, 2.24) is 4.98 Å². The van der Waals surface area contributed by atoms with Crippen LogP contribution in [0.1, 0.15) is 24.4 Å². The van der Waals surface area contributed by atoms with Crippen molar-refractivity contribution in [3.63, 3.8) is 0 Å². The first kappa shape index (κ1) is 15.3. The van der Waals surface area contributed by atoms with Crippen LogP contribution in [-0.4, -0.2) is 18.1 Å². The van der Waals surface area contributed by atoms with Crippen LogP contribution in [0.25, 0.3) is 0 Å². The first-order valence-corrected chi connectivity index (χ1v) is 8.67. The smallest absolute Gasteiger partial charge is 0.0612 e. The Morgan fingerprint density at radius 3 is 2.61 bits per heavy atom. The lowest BCUT2D eigenvalue weighted by molar-refractivity contribution is 0.00959. The first-order chi connectivity index (χ1) is 11.1. The van der Waals surface area contributed by atoms with E-state index in [0.29, 0.717) is 21.4 Å². The van der Waals surface area contributed by atoms with Crippen molar-refractivity contribution in [3.8, 4) is 0 Å². The van der Waals surface area contributed by atoms with Crippen LogP contribution in [-0.2, 0) is 0 Å². The Bertz CT molecular complexity index is 705. The third kappa shape index (κ3) is 2.71. The number of halogens is 2. The van der Waals surface area contributed by atoms with Crippen molar-refractivity contribution >= 4 is 28.9 Å². The van der Waals surface area contributed by atoms with E-state index in [4.69, 9.17) is 28.9 Å². The van der Waals surface area contributed by atoms with Gasteiger partial charge in [0.1, 0.15) is 0 Å². The Labute approximate surface area is 146 Å². The highest BCUT2D eigenvalue weighted by atomic mass is 35.5. The molecule has 120 valence electrons. The molecule has 1 aliphatic carbocycles. The van der Waals surface area contributed by atoms with Gasteiger partial charge in [-0.1, -0.05) is 29.3 Å². The molecule has 2 N–H and O–H groups in total. The average molecular weight is 348 g/mol. The molecule has 1 saturated carbocycles. The molecule has 2 aliphatic rings. The molecular formula is C18H19Cl2N3. The number of benzene rings is 1. The number of nitrogens with zero attached hydrogens (tertiary/aromatic N) is 2. The summed E-state index contributed by atoms with van der Waals surface area (Å²) in [6, 6.07) is 10.00. The summed E-state index contributed by atoms with van der Waals surface area (Å²) in [6.07, 6.45) is 6.07. The second-order valence-electron chi connectivity index (χ2n) is 6.93. The van der Waals surface area contributed by atoms with Gasteiger partial charge in [0.2, 0.25) is 0 Å². The maximum atomic E-state index is 6.40. The van der Waals surface area contributed by atoms with E-state index in [0.717, 1.165) is 24.3 Å². The number of hydrogen-bond donors (Lipinski definition) is 1. The molecule has 0 amide bonds. The Balaban J connectivity index is 1.35. The summed E-state index contributed by atoms with van der Waals surface area (Å²) in [4.78, 5) is 6.54. The molecule has 4 rings (SSSR count).